The number of rotatable bonds is 6. The van der Waals surface area contributed by atoms with E-state index >= 15 is 0 Å². The maximum atomic E-state index is 5.89. The summed E-state index contributed by atoms with van der Waals surface area (Å²) < 4.78 is 0. The summed E-state index contributed by atoms with van der Waals surface area (Å²) in [7, 11) is 0. The molecule has 0 amide bonds. The van der Waals surface area contributed by atoms with Crippen molar-refractivity contribution >= 4 is 43.5 Å². The van der Waals surface area contributed by atoms with Crippen LogP contribution in [0.5, 0.6) is 0 Å². The fourth-order valence-electron chi connectivity index (χ4n) is 1.92. The van der Waals surface area contributed by atoms with Gasteiger partial charge in [-0.3, -0.25) is 0 Å². The number of hydrogen-bond donors (Lipinski definition) is 0. The van der Waals surface area contributed by atoms with Gasteiger partial charge >= 0.3 is 0 Å². The van der Waals surface area contributed by atoms with E-state index in [1.165, 1.54) is 18.4 Å². The Morgan fingerprint density at radius 3 is 2.12 bits per heavy atom. The van der Waals surface area contributed by atoms with Crippen LogP contribution in [0.3, 0.4) is 0 Å². The average Bonchev–Trinajstić information content (AvgIpc) is 2.31. The third kappa shape index (κ3) is 4.05. The quantitative estimate of drug-likeness (QED) is 0.585. The summed E-state index contributed by atoms with van der Waals surface area (Å²) in [5.74, 6) is 0. The van der Waals surface area contributed by atoms with Crippen molar-refractivity contribution in [2.75, 3.05) is 10.7 Å². The van der Waals surface area contributed by atoms with Crippen molar-refractivity contribution in [2.24, 2.45) is 5.41 Å². The van der Waals surface area contributed by atoms with Crippen molar-refractivity contribution < 1.29 is 0 Å². The molecule has 1 aromatic carbocycles. The molecule has 0 aliphatic rings. The zero-order chi connectivity index (χ0) is 12.0. The van der Waals surface area contributed by atoms with Crippen LogP contribution >= 0.6 is 43.5 Å². The molecule has 0 nitrogen and oxygen atoms in total. The van der Waals surface area contributed by atoms with Crippen molar-refractivity contribution in [3.63, 3.8) is 0 Å². The fourth-order valence-corrected chi connectivity index (χ4v) is 3.93. The van der Waals surface area contributed by atoms with Crippen molar-refractivity contribution in [1.82, 2.24) is 0 Å². The normalized spacial score (nSPS) is 11.8. The molecule has 0 radical (unpaired) electrons. The van der Waals surface area contributed by atoms with Gasteiger partial charge in [0.2, 0.25) is 0 Å². The molecule has 0 bridgehead atoms. The lowest BCUT2D eigenvalue weighted by Gasteiger charge is -2.29. The van der Waals surface area contributed by atoms with Crippen LogP contribution in [0.2, 0.25) is 5.02 Å². The Kier molecular flexibility index (Phi) is 6.38. The Morgan fingerprint density at radius 2 is 1.69 bits per heavy atom. The molecule has 3 heteroatoms. The van der Waals surface area contributed by atoms with Gasteiger partial charge in [0.15, 0.2) is 0 Å². The van der Waals surface area contributed by atoms with Gasteiger partial charge in [0.25, 0.3) is 0 Å². The summed E-state index contributed by atoms with van der Waals surface area (Å²) in [5.41, 5.74) is 1.68. The topological polar surface area (TPSA) is 0 Å². The fraction of sp³-hybridized carbons (Fsp3) is 0.538. The molecule has 0 unspecified atom stereocenters. The van der Waals surface area contributed by atoms with E-state index < -0.39 is 0 Å². The summed E-state index contributed by atoms with van der Waals surface area (Å²) in [6.07, 6.45) is 3.53. The van der Waals surface area contributed by atoms with E-state index in [0.29, 0.717) is 5.41 Å². The van der Waals surface area contributed by atoms with Gasteiger partial charge in [-0.15, -0.1) is 0 Å². The Labute approximate surface area is 120 Å². The van der Waals surface area contributed by atoms with Crippen LogP contribution in [-0.4, -0.2) is 10.7 Å². The van der Waals surface area contributed by atoms with E-state index in [1.54, 1.807) is 0 Å². The van der Waals surface area contributed by atoms with Gasteiger partial charge < -0.3 is 0 Å². The van der Waals surface area contributed by atoms with E-state index in [1.807, 2.05) is 12.1 Å². The lowest BCUT2D eigenvalue weighted by Crippen LogP contribution is -2.27. The minimum Gasteiger partial charge on any atom is -0.0922 e. The zero-order valence-electron chi connectivity index (χ0n) is 9.48. The molecule has 1 aromatic rings. The molecule has 0 spiro atoms. The smallest absolute Gasteiger partial charge is 0.0406 e. The lowest BCUT2D eigenvalue weighted by molar-refractivity contribution is 0.352. The third-order valence-electron chi connectivity index (χ3n) is 2.84. The lowest BCUT2D eigenvalue weighted by atomic mass is 9.82. The van der Waals surface area contributed by atoms with Crippen molar-refractivity contribution in [3.05, 3.63) is 34.9 Å². The molecule has 16 heavy (non-hydrogen) atoms. The van der Waals surface area contributed by atoms with Crippen molar-refractivity contribution in [1.29, 1.82) is 0 Å². The molecule has 0 aliphatic carbocycles. The van der Waals surface area contributed by atoms with E-state index in [-0.39, 0.29) is 0 Å². The van der Waals surface area contributed by atoms with Crippen LogP contribution in [0.15, 0.2) is 24.3 Å². The number of halogens is 3. The summed E-state index contributed by atoms with van der Waals surface area (Å²) in [4.78, 5) is 0. The highest BCUT2D eigenvalue weighted by Gasteiger charge is 2.27. The third-order valence-corrected chi connectivity index (χ3v) is 5.47. The SMILES string of the molecule is CCCC(CBr)(CBr)Cc1ccc(Cl)cc1. The van der Waals surface area contributed by atoms with Crippen LogP contribution in [0.4, 0.5) is 0 Å². The van der Waals surface area contributed by atoms with Gasteiger partial charge in [-0.2, -0.15) is 0 Å². The second-order valence-corrected chi connectivity index (χ2v) is 5.88. The van der Waals surface area contributed by atoms with Crippen LogP contribution in [0, 0.1) is 5.41 Å². The molecule has 0 aromatic heterocycles. The average molecular weight is 369 g/mol. The molecule has 0 N–H and O–H groups in total. The van der Waals surface area contributed by atoms with Crippen molar-refractivity contribution in [3.8, 4) is 0 Å². The second-order valence-electron chi connectivity index (χ2n) is 4.32. The maximum Gasteiger partial charge on any atom is 0.0406 e. The molecule has 0 atom stereocenters. The molecule has 1 rings (SSSR count). The molecule has 90 valence electrons. The summed E-state index contributed by atoms with van der Waals surface area (Å²) in [6.45, 7) is 2.24. The Morgan fingerprint density at radius 1 is 1.12 bits per heavy atom. The van der Waals surface area contributed by atoms with Crippen molar-refractivity contribution in [2.45, 2.75) is 26.2 Å². The minimum atomic E-state index is 0.322. The van der Waals surface area contributed by atoms with Gasteiger partial charge in [0.05, 0.1) is 0 Å². The molecule has 0 fully saturated rings. The molecular weight excluding hydrogens is 351 g/mol. The van der Waals surface area contributed by atoms with E-state index in [0.717, 1.165) is 22.1 Å². The predicted molar refractivity (Wildman–Crippen MR) is 80.1 cm³/mol. The van der Waals surface area contributed by atoms with Crippen LogP contribution in [0.1, 0.15) is 25.3 Å². The van der Waals surface area contributed by atoms with E-state index in [2.05, 4.69) is 50.9 Å². The zero-order valence-corrected chi connectivity index (χ0v) is 13.4. The van der Waals surface area contributed by atoms with Crippen LogP contribution in [-0.2, 0) is 6.42 Å². The minimum absolute atomic E-state index is 0.322. The summed E-state index contributed by atoms with van der Waals surface area (Å²) in [5, 5.41) is 2.87. The van der Waals surface area contributed by atoms with Gasteiger partial charge in [0, 0.05) is 15.7 Å². The van der Waals surface area contributed by atoms with Gasteiger partial charge in [0.1, 0.15) is 0 Å². The molecular formula is C13H17Br2Cl. The Bertz CT molecular complexity index is 304. The van der Waals surface area contributed by atoms with Gasteiger partial charge in [-0.25, -0.2) is 0 Å². The molecule has 0 heterocycles. The summed E-state index contributed by atoms with van der Waals surface area (Å²) in [6, 6.07) is 8.18. The standard InChI is InChI=1S/C13H17Br2Cl/c1-2-7-13(9-14,10-15)8-11-3-5-12(16)6-4-11/h3-6H,2,7-10H2,1H3. The molecule has 0 aliphatic heterocycles. The highest BCUT2D eigenvalue weighted by Crippen LogP contribution is 2.33. The number of benzene rings is 1. The first-order valence-electron chi connectivity index (χ1n) is 5.52. The van der Waals surface area contributed by atoms with Gasteiger partial charge in [-0.05, 0) is 36.0 Å². The van der Waals surface area contributed by atoms with Gasteiger partial charge in [-0.1, -0.05) is 68.9 Å². The molecule has 0 saturated heterocycles. The van der Waals surface area contributed by atoms with E-state index in [9.17, 15) is 0 Å². The predicted octanol–water partition coefficient (Wildman–Crippen LogP) is 5.46. The summed E-state index contributed by atoms with van der Waals surface area (Å²) >= 11 is 13.2. The first kappa shape index (κ1) is 14.5. The van der Waals surface area contributed by atoms with E-state index in [4.69, 9.17) is 11.6 Å². The highest BCUT2D eigenvalue weighted by atomic mass is 79.9. The first-order valence-corrected chi connectivity index (χ1v) is 8.14. The van der Waals surface area contributed by atoms with Crippen LogP contribution < -0.4 is 0 Å². The second kappa shape index (κ2) is 7.03. The monoisotopic (exact) mass is 366 g/mol. The Balaban J connectivity index is 2.78. The largest absolute Gasteiger partial charge is 0.0922 e. The number of hydrogen-bond acceptors (Lipinski definition) is 0. The molecule has 0 saturated carbocycles. The van der Waals surface area contributed by atoms with Crippen LogP contribution in [0.25, 0.3) is 0 Å². The number of alkyl halides is 2. The maximum absolute atomic E-state index is 5.89. The Hall–Kier alpha value is 0.470. The highest BCUT2D eigenvalue weighted by molar-refractivity contribution is 9.09. The first-order chi connectivity index (χ1) is 7.65.